The Kier molecular flexibility index (Phi) is 3.66. The number of nitrogens with one attached hydrogen (secondary N) is 1. The molecule has 0 saturated carbocycles. The quantitative estimate of drug-likeness (QED) is 0.920. The van der Waals surface area contributed by atoms with Gasteiger partial charge in [0.25, 0.3) is 0 Å². The number of ketones is 1. The first kappa shape index (κ1) is 15.7. The molecule has 128 valence electrons. The van der Waals surface area contributed by atoms with Crippen LogP contribution in [0.1, 0.15) is 35.6 Å². The van der Waals surface area contributed by atoms with Crippen molar-refractivity contribution in [3.8, 4) is 11.5 Å². The smallest absolute Gasteiger partial charge is 0.165 e. The number of fused-ring (bicyclic) bond motifs is 1. The van der Waals surface area contributed by atoms with Crippen molar-refractivity contribution in [1.29, 1.82) is 0 Å². The van der Waals surface area contributed by atoms with Crippen LogP contribution in [0.4, 0.5) is 0 Å². The first-order chi connectivity index (χ1) is 11.6. The number of allylic oxidation sites excluding steroid dienone is 1. The van der Waals surface area contributed by atoms with Crippen LogP contribution < -0.4 is 14.8 Å². The van der Waals surface area contributed by atoms with E-state index in [-0.39, 0.29) is 23.3 Å². The fourth-order valence-corrected chi connectivity index (χ4v) is 4.75. The van der Waals surface area contributed by atoms with Crippen LogP contribution in [0.5, 0.6) is 11.5 Å². The van der Waals surface area contributed by atoms with Gasteiger partial charge in [0.2, 0.25) is 0 Å². The van der Waals surface area contributed by atoms with Gasteiger partial charge in [-0.2, -0.15) is 0 Å². The van der Waals surface area contributed by atoms with Crippen molar-refractivity contribution in [2.75, 3.05) is 27.9 Å². The highest BCUT2D eigenvalue weighted by Crippen LogP contribution is 2.58. The highest BCUT2D eigenvalue weighted by molar-refractivity contribution is 5.92. The molecular formula is C19H23NO4. The Labute approximate surface area is 142 Å². The second-order valence-corrected chi connectivity index (χ2v) is 6.79. The van der Waals surface area contributed by atoms with E-state index < -0.39 is 0 Å². The van der Waals surface area contributed by atoms with Gasteiger partial charge < -0.3 is 19.5 Å². The molecule has 5 heteroatoms. The molecule has 0 bridgehead atoms. The largest absolute Gasteiger partial charge is 0.493 e. The van der Waals surface area contributed by atoms with Crippen LogP contribution in [0, 0.1) is 0 Å². The molecule has 3 aliphatic rings. The van der Waals surface area contributed by atoms with Gasteiger partial charge in [0.05, 0.1) is 20.3 Å². The SMILES string of the molecule is COc1cc2c3c(c1OC)[C@@]1(C=CC(=O)C[C@@H]1OC)C[C@H]3NCC2. The van der Waals surface area contributed by atoms with E-state index in [1.54, 1.807) is 27.4 Å². The number of ether oxygens (including phenoxy) is 3. The molecule has 1 aromatic carbocycles. The molecular weight excluding hydrogens is 306 g/mol. The van der Waals surface area contributed by atoms with E-state index in [0.29, 0.717) is 6.42 Å². The lowest BCUT2D eigenvalue weighted by molar-refractivity contribution is -0.119. The molecule has 24 heavy (non-hydrogen) atoms. The van der Waals surface area contributed by atoms with E-state index >= 15 is 0 Å². The minimum Gasteiger partial charge on any atom is -0.493 e. The zero-order valence-corrected chi connectivity index (χ0v) is 14.3. The molecule has 0 radical (unpaired) electrons. The highest BCUT2D eigenvalue weighted by Gasteiger charge is 2.53. The maximum absolute atomic E-state index is 12.0. The molecule has 1 heterocycles. The van der Waals surface area contributed by atoms with E-state index in [2.05, 4.69) is 11.4 Å². The third-order valence-electron chi connectivity index (χ3n) is 5.75. The summed E-state index contributed by atoms with van der Waals surface area (Å²) in [5.74, 6) is 1.64. The van der Waals surface area contributed by atoms with Gasteiger partial charge in [0.15, 0.2) is 17.3 Å². The monoisotopic (exact) mass is 329 g/mol. The van der Waals surface area contributed by atoms with E-state index in [1.807, 2.05) is 6.08 Å². The van der Waals surface area contributed by atoms with Crippen LogP contribution in [0.3, 0.4) is 0 Å². The van der Waals surface area contributed by atoms with E-state index in [0.717, 1.165) is 36.4 Å². The summed E-state index contributed by atoms with van der Waals surface area (Å²) in [6.07, 6.45) is 5.79. The molecule has 4 rings (SSSR count). The lowest BCUT2D eigenvalue weighted by atomic mass is 9.71. The van der Waals surface area contributed by atoms with Gasteiger partial charge in [-0.25, -0.2) is 0 Å². The molecule has 3 atom stereocenters. The summed E-state index contributed by atoms with van der Waals surface area (Å²) in [4.78, 5) is 12.0. The summed E-state index contributed by atoms with van der Waals surface area (Å²) in [7, 11) is 5.04. The third kappa shape index (κ3) is 1.98. The second kappa shape index (κ2) is 5.60. The second-order valence-electron chi connectivity index (χ2n) is 6.79. The van der Waals surface area contributed by atoms with Gasteiger partial charge in [-0.1, -0.05) is 6.08 Å². The van der Waals surface area contributed by atoms with Crippen molar-refractivity contribution in [2.45, 2.75) is 36.8 Å². The molecule has 5 nitrogen and oxygen atoms in total. The minimum atomic E-state index is -0.353. The Bertz CT molecular complexity index is 727. The van der Waals surface area contributed by atoms with E-state index in [9.17, 15) is 4.79 Å². The summed E-state index contributed by atoms with van der Waals surface area (Å²) in [5.41, 5.74) is 3.39. The van der Waals surface area contributed by atoms with Crippen molar-refractivity contribution in [3.63, 3.8) is 0 Å². The molecule has 0 amide bonds. The van der Waals surface area contributed by atoms with Crippen molar-refractivity contribution in [2.24, 2.45) is 0 Å². The Balaban J connectivity index is 2.02. The van der Waals surface area contributed by atoms with Crippen molar-refractivity contribution >= 4 is 5.78 Å². The van der Waals surface area contributed by atoms with E-state index in [4.69, 9.17) is 14.2 Å². The standard InChI is InChI=1S/C19H23NO4/c1-22-14-8-11-5-7-20-13-10-19(17(16(11)13)18(14)24-3)6-4-12(21)9-15(19)23-2/h4,6,8,13,15,20H,5,7,9-10H2,1-3H3/t13-,15+,19+/m1/s1. The normalized spacial score (nSPS) is 30.5. The summed E-state index contributed by atoms with van der Waals surface area (Å²) in [6.45, 7) is 0.947. The molecule has 1 spiro atoms. The Morgan fingerprint density at radius 2 is 2.08 bits per heavy atom. The highest BCUT2D eigenvalue weighted by atomic mass is 16.5. The molecule has 1 aliphatic heterocycles. The molecule has 0 saturated heterocycles. The molecule has 0 unspecified atom stereocenters. The van der Waals surface area contributed by atoms with Gasteiger partial charge in [-0.3, -0.25) is 4.79 Å². The van der Waals surface area contributed by atoms with Gasteiger partial charge in [-0.15, -0.1) is 0 Å². The molecule has 0 fully saturated rings. The predicted octanol–water partition coefficient (Wildman–Crippen LogP) is 2.08. The van der Waals surface area contributed by atoms with Crippen LogP contribution in [-0.4, -0.2) is 39.8 Å². The zero-order chi connectivity index (χ0) is 16.9. The van der Waals surface area contributed by atoms with Crippen LogP contribution in [0.25, 0.3) is 0 Å². The Morgan fingerprint density at radius 3 is 2.79 bits per heavy atom. The predicted molar refractivity (Wildman–Crippen MR) is 89.8 cm³/mol. The first-order valence-corrected chi connectivity index (χ1v) is 8.41. The molecule has 0 aromatic heterocycles. The van der Waals surface area contributed by atoms with Crippen molar-refractivity contribution in [3.05, 3.63) is 34.9 Å². The van der Waals surface area contributed by atoms with Gasteiger partial charge >= 0.3 is 0 Å². The van der Waals surface area contributed by atoms with Crippen molar-refractivity contribution in [1.82, 2.24) is 5.32 Å². The minimum absolute atomic E-state index is 0.113. The molecule has 2 aliphatic carbocycles. The lowest BCUT2D eigenvalue weighted by Gasteiger charge is -2.38. The Morgan fingerprint density at radius 1 is 1.25 bits per heavy atom. The summed E-state index contributed by atoms with van der Waals surface area (Å²) < 4.78 is 17.2. The average Bonchev–Trinajstić information content (AvgIpc) is 2.93. The van der Waals surface area contributed by atoms with Crippen LogP contribution >= 0.6 is 0 Å². The average molecular weight is 329 g/mol. The lowest BCUT2D eigenvalue weighted by Crippen LogP contribution is -2.42. The van der Waals surface area contributed by atoms with Crippen molar-refractivity contribution < 1.29 is 19.0 Å². The van der Waals surface area contributed by atoms with Gasteiger partial charge in [-0.05, 0) is 42.7 Å². The van der Waals surface area contributed by atoms with E-state index in [1.165, 1.54) is 11.1 Å². The number of benzene rings is 1. The number of carbonyl (C=O) groups is 1. The van der Waals surface area contributed by atoms with Crippen LogP contribution in [-0.2, 0) is 21.4 Å². The summed E-state index contributed by atoms with van der Waals surface area (Å²) in [6, 6.07) is 2.36. The molecule has 1 aromatic rings. The Hall–Kier alpha value is -1.85. The van der Waals surface area contributed by atoms with Crippen LogP contribution in [0.2, 0.25) is 0 Å². The van der Waals surface area contributed by atoms with Crippen LogP contribution in [0.15, 0.2) is 18.2 Å². The number of rotatable bonds is 3. The van der Waals surface area contributed by atoms with Gasteiger partial charge in [0, 0.05) is 30.6 Å². The maximum Gasteiger partial charge on any atom is 0.165 e. The zero-order valence-electron chi connectivity index (χ0n) is 14.3. The number of carbonyl (C=O) groups excluding carboxylic acids is 1. The number of hydrogen-bond donors (Lipinski definition) is 1. The third-order valence-corrected chi connectivity index (χ3v) is 5.75. The topological polar surface area (TPSA) is 56.8 Å². The number of methoxy groups -OCH3 is 3. The fraction of sp³-hybridized carbons (Fsp3) is 0.526. The summed E-state index contributed by atoms with van der Waals surface area (Å²) in [5, 5.41) is 3.62. The maximum atomic E-state index is 12.0. The van der Waals surface area contributed by atoms with Gasteiger partial charge in [0.1, 0.15) is 0 Å². The molecule has 1 N–H and O–H groups in total. The number of hydrogen-bond acceptors (Lipinski definition) is 5. The fourth-order valence-electron chi connectivity index (χ4n) is 4.75. The first-order valence-electron chi connectivity index (χ1n) is 8.41. The summed E-state index contributed by atoms with van der Waals surface area (Å²) >= 11 is 0.